The Morgan fingerprint density at radius 2 is 2.28 bits per heavy atom. The zero-order chi connectivity index (χ0) is 18.2. The number of hydrogen-bond acceptors (Lipinski definition) is 8. The summed E-state index contributed by atoms with van der Waals surface area (Å²) in [6.45, 7) is 3.49. The summed E-state index contributed by atoms with van der Waals surface area (Å²) < 4.78 is 5.27. The van der Waals surface area contributed by atoms with Crippen molar-refractivity contribution < 1.29 is 23.9 Å². The lowest BCUT2D eigenvalue weighted by Gasteiger charge is -2.53. The smallest absolute Gasteiger partial charge is 0.313 e. The van der Waals surface area contributed by atoms with Crippen LogP contribution in [0.3, 0.4) is 0 Å². The van der Waals surface area contributed by atoms with E-state index in [1.165, 1.54) is 28.4 Å². The molecule has 2 unspecified atom stereocenters. The average Bonchev–Trinajstić information content (AvgIpc) is 3.02. The van der Waals surface area contributed by atoms with E-state index in [9.17, 15) is 19.5 Å². The van der Waals surface area contributed by atoms with E-state index in [-0.39, 0.29) is 29.5 Å². The molecule has 3 atom stereocenters. The van der Waals surface area contributed by atoms with Gasteiger partial charge in [0.25, 0.3) is 5.22 Å². The van der Waals surface area contributed by atoms with Gasteiger partial charge in [-0.15, -0.1) is 22.0 Å². The largest absolute Gasteiger partial charge is 0.481 e. The van der Waals surface area contributed by atoms with Crippen molar-refractivity contribution in [2.75, 3.05) is 18.1 Å². The van der Waals surface area contributed by atoms with E-state index in [1.807, 2.05) is 0 Å². The first-order valence-corrected chi connectivity index (χ1v) is 9.77. The second-order valence-corrected chi connectivity index (χ2v) is 8.06. The molecule has 1 aromatic heterocycles. The van der Waals surface area contributed by atoms with Gasteiger partial charge >= 0.3 is 5.97 Å². The van der Waals surface area contributed by atoms with Crippen LogP contribution in [0.15, 0.2) is 9.64 Å². The highest BCUT2D eigenvalue weighted by Crippen LogP contribution is 2.44. The lowest BCUT2D eigenvalue weighted by atomic mass is 9.89. The number of fused-ring (bicyclic) bond motifs is 1. The van der Waals surface area contributed by atoms with Crippen LogP contribution in [0.5, 0.6) is 0 Å². The van der Waals surface area contributed by atoms with Crippen molar-refractivity contribution in [3.8, 4) is 0 Å². The molecule has 0 spiro atoms. The first kappa shape index (κ1) is 18.1. The molecule has 11 heteroatoms. The molecule has 2 aliphatic rings. The fourth-order valence-corrected chi connectivity index (χ4v) is 5.38. The molecule has 0 saturated carbocycles. The molecule has 0 radical (unpaired) electrons. The van der Waals surface area contributed by atoms with Crippen LogP contribution >= 0.6 is 23.5 Å². The van der Waals surface area contributed by atoms with Gasteiger partial charge in [-0.05, 0) is 0 Å². The Morgan fingerprint density at radius 3 is 2.88 bits per heavy atom. The normalized spacial score (nSPS) is 28.2. The summed E-state index contributed by atoms with van der Waals surface area (Å²) in [4.78, 5) is 37.2. The van der Waals surface area contributed by atoms with Crippen molar-refractivity contribution >= 4 is 41.3 Å². The summed E-state index contributed by atoms with van der Waals surface area (Å²) in [5, 5.41) is 20.1. The first-order valence-electron chi connectivity index (χ1n) is 7.74. The van der Waals surface area contributed by atoms with Crippen LogP contribution in [-0.4, -0.2) is 67.5 Å². The van der Waals surface area contributed by atoms with Gasteiger partial charge in [-0.2, -0.15) is 0 Å². The van der Waals surface area contributed by atoms with E-state index in [2.05, 4.69) is 15.5 Å². The van der Waals surface area contributed by atoms with Crippen LogP contribution in [0.1, 0.15) is 19.2 Å². The fraction of sp³-hybridized carbons (Fsp3) is 0.643. The van der Waals surface area contributed by atoms with Crippen LogP contribution in [0.25, 0.3) is 0 Å². The number of aryl methyl sites for hydroxylation is 1. The second kappa shape index (κ2) is 6.87. The topological polar surface area (TPSA) is 126 Å². The predicted molar refractivity (Wildman–Crippen MR) is 90.0 cm³/mol. The number of aromatic nitrogens is 2. The Hall–Kier alpha value is -1.75. The summed E-state index contributed by atoms with van der Waals surface area (Å²) in [7, 11) is 0. The van der Waals surface area contributed by atoms with Crippen LogP contribution in [0.4, 0.5) is 0 Å². The molecular weight excluding hydrogens is 368 g/mol. The van der Waals surface area contributed by atoms with Crippen LogP contribution in [-0.2, 0) is 14.4 Å². The number of carboxylic acids is 1. The number of aliphatic carboxylic acids is 1. The molecule has 25 heavy (non-hydrogen) atoms. The van der Waals surface area contributed by atoms with Gasteiger partial charge in [0.1, 0.15) is 16.8 Å². The molecule has 2 fully saturated rings. The molecule has 9 nitrogen and oxygen atoms in total. The van der Waals surface area contributed by atoms with E-state index >= 15 is 0 Å². The van der Waals surface area contributed by atoms with Gasteiger partial charge in [0.15, 0.2) is 0 Å². The molecule has 3 rings (SSSR count). The number of amides is 2. The highest BCUT2D eigenvalue weighted by Gasteiger charge is 2.57. The van der Waals surface area contributed by atoms with Gasteiger partial charge in [-0.1, -0.05) is 18.7 Å². The van der Waals surface area contributed by atoms with E-state index in [0.29, 0.717) is 23.3 Å². The van der Waals surface area contributed by atoms with Gasteiger partial charge in [-0.3, -0.25) is 14.4 Å². The minimum atomic E-state index is -1.09. The SMILES string of the molecule is CCC(=O)NC1C(=O)N2CC(CSc3nnc(C)o3)(C(=O)O)CS[C@H]12. The maximum atomic E-state index is 12.3. The average molecular weight is 386 g/mol. The number of carboxylic acid groups (broad SMARTS) is 1. The van der Waals surface area contributed by atoms with Crippen molar-refractivity contribution in [3.05, 3.63) is 5.89 Å². The molecule has 2 amide bonds. The molecule has 2 N–H and O–H groups in total. The van der Waals surface area contributed by atoms with Crippen LogP contribution in [0, 0.1) is 12.3 Å². The minimum absolute atomic E-state index is 0.109. The standard InChI is InChI=1S/C14H18N4O5S2/c1-3-8(19)15-9-10(20)18-4-14(12(21)22,5-24-11(9)18)6-25-13-17-16-7(2)23-13/h9,11H,3-6H2,1-2H3,(H,15,19)(H,21,22)/t9?,11-,14?/m1/s1. The molecule has 1 aromatic rings. The zero-order valence-electron chi connectivity index (χ0n) is 13.7. The summed E-state index contributed by atoms with van der Waals surface area (Å²) in [5.74, 6) is -0.401. The Morgan fingerprint density at radius 1 is 1.52 bits per heavy atom. The van der Waals surface area contributed by atoms with E-state index < -0.39 is 17.4 Å². The van der Waals surface area contributed by atoms with E-state index in [0.717, 1.165) is 0 Å². The number of carbonyl (C=O) groups excluding carboxylic acids is 2. The summed E-state index contributed by atoms with van der Waals surface area (Å²) in [6.07, 6.45) is 0.306. The van der Waals surface area contributed by atoms with Crippen molar-refractivity contribution in [2.24, 2.45) is 5.41 Å². The molecular formula is C14H18N4O5S2. The predicted octanol–water partition coefficient (Wildman–Crippen LogP) is 0.351. The molecule has 3 heterocycles. The Balaban J connectivity index is 1.67. The van der Waals surface area contributed by atoms with Gasteiger partial charge in [0, 0.05) is 31.4 Å². The minimum Gasteiger partial charge on any atom is -0.481 e. The number of hydrogen-bond donors (Lipinski definition) is 2. The Labute approximate surface area is 152 Å². The first-order chi connectivity index (χ1) is 11.9. The number of rotatable bonds is 6. The van der Waals surface area contributed by atoms with Crippen molar-refractivity contribution in [1.82, 2.24) is 20.4 Å². The quantitative estimate of drug-likeness (QED) is 0.526. The number of β-lactam (4-membered cyclic amide) rings is 1. The lowest BCUT2D eigenvalue weighted by Crippen LogP contribution is -2.74. The monoisotopic (exact) mass is 386 g/mol. The molecule has 2 aliphatic heterocycles. The third-order valence-corrected chi connectivity index (χ3v) is 6.91. The number of nitrogens with zero attached hydrogens (tertiary/aromatic N) is 3. The van der Waals surface area contributed by atoms with Gasteiger partial charge in [0.05, 0.1) is 0 Å². The summed E-state index contributed by atoms with van der Waals surface area (Å²) in [5.41, 5.74) is -1.09. The summed E-state index contributed by atoms with van der Waals surface area (Å²) in [6, 6.07) is -0.560. The van der Waals surface area contributed by atoms with Crippen LogP contribution < -0.4 is 5.32 Å². The third-order valence-electron chi connectivity index (χ3n) is 4.22. The van der Waals surface area contributed by atoms with Crippen molar-refractivity contribution in [1.29, 1.82) is 0 Å². The van der Waals surface area contributed by atoms with E-state index in [4.69, 9.17) is 4.42 Å². The molecule has 0 aliphatic carbocycles. The molecule has 2 saturated heterocycles. The third kappa shape index (κ3) is 3.34. The van der Waals surface area contributed by atoms with Crippen molar-refractivity contribution in [3.63, 3.8) is 0 Å². The molecule has 0 bridgehead atoms. The van der Waals surface area contributed by atoms with Crippen molar-refractivity contribution in [2.45, 2.75) is 36.9 Å². The highest BCUT2D eigenvalue weighted by atomic mass is 32.2. The lowest BCUT2D eigenvalue weighted by molar-refractivity contribution is -0.157. The zero-order valence-corrected chi connectivity index (χ0v) is 15.4. The highest BCUT2D eigenvalue weighted by molar-refractivity contribution is 8.00. The van der Waals surface area contributed by atoms with E-state index in [1.54, 1.807) is 13.8 Å². The Kier molecular flexibility index (Phi) is 4.96. The maximum Gasteiger partial charge on any atom is 0.313 e. The second-order valence-electron chi connectivity index (χ2n) is 6.03. The molecule has 136 valence electrons. The maximum absolute atomic E-state index is 12.3. The van der Waals surface area contributed by atoms with Gasteiger partial charge < -0.3 is 19.7 Å². The molecule has 0 aromatic carbocycles. The fourth-order valence-electron chi connectivity index (χ4n) is 2.72. The van der Waals surface area contributed by atoms with Gasteiger partial charge in [-0.25, -0.2) is 0 Å². The number of nitrogens with one attached hydrogen (secondary N) is 1. The number of thioether (sulfide) groups is 2. The Bertz CT molecular complexity index is 711. The van der Waals surface area contributed by atoms with Gasteiger partial charge in [0.2, 0.25) is 17.7 Å². The summed E-state index contributed by atoms with van der Waals surface area (Å²) >= 11 is 2.56. The number of carbonyl (C=O) groups is 3. The van der Waals surface area contributed by atoms with Crippen LogP contribution in [0.2, 0.25) is 0 Å².